The summed E-state index contributed by atoms with van der Waals surface area (Å²) >= 11 is 0. The molecular weight excluding hydrogens is 278 g/mol. The fourth-order valence-corrected chi connectivity index (χ4v) is 4.27. The van der Waals surface area contributed by atoms with E-state index in [9.17, 15) is 4.79 Å². The van der Waals surface area contributed by atoms with Gasteiger partial charge in [0, 0.05) is 43.3 Å². The number of carbonyl (C=O) groups is 1. The van der Waals surface area contributed by atoms with Crippen molar-refractivity contribution in [1.29, 1.82) is 0 Å². The number of nitrogens with zero attached hydrogens (tertiary/aromatic N) is 1. The molecule has 0 amide bonds. The summed E-state index contributed by atoms with van der Waals surface area (Å²) in [5.74, 6) is 0.290. The molecule has 0 bridgehead atoms. The Labute approximate surface area is 130 Å². The van der Waals surface area contributed by atoms with Crippen molar-refractivity contribution in [3.63, 3.8) is 0 Å². The summed E-state index contributed by atoms with van der Waals surface area (Å²) in [7, 11) is -1.69. The zero-order chi connectivity index (χ0) is 15.9. The molecule has 2 heterocycles. The van der Waals surface area contributed by atoms with Crippen molar-refractivity contribution in [1.82, 2.24) is 4.90 Å². The lowest BCUT2D eigenvalue weighted by Crippen LogP contribution is -2.46. The Kier molecular flexibility index (Phi) is 4.42. The van der Waals surface area contributed by atoms with E-state index in [1.165, 1.54) is 12.1 Å². The third kappa shape index (κ3) is 3.42. The lowest BCUT2D eigenvalue weighted by atomic mass is 9.88. The second-order valence-corrected chi connectivity index (χ2v) is 13.2. The average Bonchev–Trinajstić information content (AvgIpc) is 2.68. The molecule has 0 spiro atoms. The molecule has 4 heteroatoms. The molecule has 2 aliphatic heterocycles. The molecule has 3 nitrogen and oxygen atoms in total. The van der Waals surface area contributed by atoms with Crippen molar-refractivity contribution in [3.8, 4) is 0 Å². The van der Waals surface area contributed by atoms with Gasteiger partial charge >= 0.3 is 0 Å². The van der Waals surface area contributed by atoms with Gasteiger partial charge in [0.15, 0.2) is 14.1 Å². The number of hydrogen-bond donors (Lipinski definition) is 0. The number of fused-ring (bicyclic) bond motifs is 1. The molecule has 0 aromatic heterocycles. The third-order valence-corrected chi connectivity index (χ3v) is 10.1. The van der Waals surface area contributed by atoms with Gasteiger partial charge in [0.1, 0.15) is 0 Å². The van der Waals surface area contributed by atoms with Gasteiger partial charge in [0.05, 0.1) is 0 Å². The highest BCUT2D eigenvalue weighted by atomic mass is 28.4. The Morgan fingerprint density at radius 3 is 2.67 bits per heavy atom. The first-order chi connectivity index (χ1) is 9.55. The van der Waals surface area contributed by atoms with E-state index in [4.69, 9.17) is 4.43 Å². The molecule has 2 rings (SSSR count). The van der Waals surface area contributed by atoms with E-state index < -0.39 is 8.32 Å². The number of allylic oxidation sites excluding steroid dienone is 1. The second-order valence-electron chi connectivity index (χ2n) is 8.39. The van der Waals surface area contributed by atoms with Crippen molar-refractivity contribution < 1.29 is 9.22 Å². The van der Waals surface area contributed by atoms with Crippen LogP contribution in [0.3, 0.4) is 0 Å². The van der Waals surface area contributed by atoms with Crippen molar-refractivity contribution in [2.45, 2.75) is 77.0 Å². The van der Waals surface area contributed by atoms with Crippen LogP contribution in [-0.2, 0) is 9.22 Å². The summed E-state index contributed by atoms with van der Waals surface area (Å²) in [5, 5.41) is 0.242. The van der Waals surface area contributed by atoms with E-state index in [0.717, 1.165) is 26.0 Å². The van der Waals surface area contributed by atoms with E-state index in [1.807, 2.05) is 6.08 Å². The smallest absolute Gasteiger partial charge is 0.191 e. The molecule has 0 radical (unpaired) electrons. The van der Waals surface area contributed by atoms with Gasteiger partial charge < -0.3 is 9.33 Å². The van der Waals surface area contributed by atoms with Crippen LogP contribution in [0.4, 0.5) is 0 Å². The zero-order valence-corrected chi connectivity index (χ0v) is 15.6. The summed E-state index contributed by atoms with van der Waals surface area (Å²) in [6.07, 6.45) is 5.75. The Balaban J connectivity index is 1.98. The van der Waals surface area contributed by atoms with E-state index in [0.29, 0.717) is 6.42 Å². The molecule has 120 valence electrons. The molecule has 1 atom stereocenters. The minimum atomic E-state index is -1.69. The van der Waals surface area contributed by atoms with Crippen LogP contribution in [0, 0.1) is 0 Å². The molecular formula is C17H31NO2Si. The molecule has 0 N–H and O–H groups in total. The summed E-state index contributed by atoms with van der Waals surface area (Å²) in [6, 6.07) is 0. The SMILES string of the molecule is CC(C)(C)[Si](C)(C)OCCC1=CC(=O)C[C@@]2(C)CCCN12. The lowest BCUT2D eigenvalue weighted by molar-refractivity contribution is -0.117. The van der Waals surface area contributed by atoms with Crippen LogP contribution in [0.25, 0.3) is 0 Å². The van der Waals surface area contributed by atoms with Gasteiger partial charge in [-0.05, 0) is 37.9 Å². The predicted molar refractivity (Wildman–Crippen MR) is 89.8 cm³/mol. The maximum atomic E-state index is 12.0. The first kappa shape index (κ1) is 16.8. The number of ketones is 1. The molecule has 2 aliphatic rings. The zero-order valence-electron chi connectivity index (χ0n) is 14.6. The maximum absolute atomic E-state index is 12.0. The lowest BCUT2D eigenvalue weighted by Gasteiger charge is -2.42. The van der Waals surface area contributed by atoms with Crippen LogP contribution < -0.4 is 0 Å². The van der Waals surface area contributed by atoms with Crippen molar-refractivity contribution in [2.75, 3.05) is 13.2 Å². The van der Waals surface area contributed by atoms with E-state index in [-0.39, 0.29) is 16.4 Å². The molecule has 0 aliphatic carbocycles. The Morgan fingerprint density at radius 2 is 2.05 bits per heavy atom. The van der Waals surface area contributed by atoms with Crippen LogP contribution in [0.15, 0.2) is 11.8 Å². The Bertz CT molecular complexity index is 450. The van der Waals surface area contributed by atoms with Gasteiger partial charge in [0.25, 0.3) is 0 Å². The molecule has 0 aromatic rings. The fourth-order valence-electron chi connectivity index (χ4n) is 3.22. The Hall–Kier alpha value is -0.613. The van der Waals surface area contributed by atoms with Gasteiger partial charge in [-0.2, -0.15) is 0 Å². The molecule has 0 aromatic carbocycles. The highest BCUT2D eigenvalue weighted by Crippen LogP contribution is 2.40. The topological polar surface area (TPSA) is 29.5 Å². The number of hydrogen-bond acceptors (Lipinski definition) is 3. The fraction of sp³-hybridized carbons (Fsp3) is 0.824. The molecule has 1 fully saturated rings. The first-order valence-corrected chi connectivity index (χ1v) is 11.1. The number of carbonyl (C=O) groups excluding carboxylic acids is 1. The van der Waals surface area contributed by atoms with Crippen LogP contribution in [0.1, 0.15) is 53.4 Å². The van der Waals surface area contributed by atoms with Crippen molar-refractivity contribution >= 4 is 14.1 Å². The first-order valence-electron chi connectivity index (χ1n) is 8.20. The average molecular weight is 310 g/mol. The summed E-state index contributed by atoms with van der Waals surface area (Å²) in [5.41, 5.74) is 1.27. The summed E-state index contributed by atoms with van der Waals surface area (Å²) in [6.45, 7) is 15.4. The molecule has 0 saturated carbocycles. The minimum absolute atomic E-state index is 0.0676. The maximum Gasteiger partial charge on any atom is 0.191 e. The monoisotopic (exact) mass is 309 g/mol. The number of rotatable bonds is 4. The molecule has 1 saturated heterocycles. The second kappa shape index (κ2) is 5.54. The van der Waals surface area contributed by atoms with Gasteiger partial charge in [-0.25, -0.2) is 0 Å². The standard InChI is InChI=1S/C17H31NO2Si/c1-16(2,3)21(5,6)20-11-8-14-12-15(19)13-17(4)9-7-10-18(14)17/h12H,7-11,13H2,1-6H3/t17-/m1/s1. The van der Waals surface area contributed by atoms with Gasteiger partial charge in [-0.1, -0.05) is 20.8 Å². The van der Waals surface area contributed by atoms with E-state index >= 15 is 0 Å². The normalized spacial score (nSPS) is 26.9. The van der Waals surface area contributed by atoms with E-state index in [2.05, 4.69) is 45.7 Å². The molecule has 21 heavy (non-hydrogen) atoms. The summed E-state index contributed by atoms with van der Waals surface area (Å²) in [4.78, 5) is 14.5. The quantitative estimate of drug-likeness (QED) is 0.732. The Morgan fingerprint density at radius 1 is 1.38 bits per heavy atom. The van der Waals surface area contributed by atoms with Crippen molar-refractivity contribution in [3.05, 3.63) is 11.8 Å². The van der Waals surface area contributed by atoms with Gasteiger partial charge in [-0.3, -0.25) is 4.79 Å². The van der Waals surface area contributed by atoms with Crippen molar-refractivity contribution in [2.24, 2.45) is 0 Å². The predicted octanol–water partition coefficient (Wildman–Crippen LogP) is 4.11. The minimum Gasteiger partial charge on any atom is -0.416 e. The van der Waals surface area contributed by atoms with Crippen LogP contribution >= 0.6 is 0 Å². The van der Waals surface area contributed by atoms with Crippen LogP contribution in [0.5, 0.6) is 0 Å². The van der Waals surface area contributed by atoms with Crippen LogP contribution in [0.2, 0.25) is 18.1 Å². The summed E-state index contributed by atoms with van der Waals surface area (Å²) < 4.78 is 6.27. The van der Waals surface area contributed by atoms with E-state index in [1.54, 1.807) is 0 Å². The van der Waals surface area contributed by atoms with Gasteiger partial charge in [0.2, 0.25) is 0 Å². The van der Waals surface area contributed by atoms with Gasteiger partial charge in [-0.15, -0.1) is 0 Å². The third-order valence-electron chi connectivity index (χ3n) is 5.61. The highest BCUT2D eigenvalue weighted by molar-refractivity contribution is 6.74. The van der Waals surface area contributed by atoms with Crippen LogP contribution in [-0.4, -0.2) is 37.7 Å². The molecule has 0 unspecified atom stereocenters. The largest absolute Gasteiger partial charge is 0.416 e. The highest BCUT2D eigenvalue weighted by Gasteiger charge is 2.42.